The number of hydrogen-bond donors (Lipinski definition) is 1. The molecule has 2 aromatic heterocycles. The van der Waals surface area contributed by atoms with E-state index in [1.165, 1.54) is 12.4 Å². The minimum absolute atomic E-state index is 0.107. The van der Waals surface area contributed by atoms with Crippen LogP contribution < -0.4 is 9.46 Å². The number of benzene rings is 1. The van der Waals surface area contributed by atoms with Crippen LogP contribution in [-0.4, -0.2) is 47.8 Å². The summed E-state index contributed by atoms with van der Waals surface area (Å²) in [5.74, 6) is 0.671. The molecular formula is C24H28F3N5O4S. The van der Waals surface area contributed by atoms with Crippen molar-refractivity contribution in [3.63, 3.8) is 0 Å². The molecule has 37 heavy (non-hydrogen) atoms. The van der Waals surface area contributed by atoms with Crippen LogP contribution in [0.25, 0.3) is 0 Å². The van der Waals surface area contributed by atoms with Gasteiger partial charge in [0.05, 0.1) is 4.90 Å². The monoisotopic (exact) mass is 539 g/mol. The average molecular weight is 540 g/mol. The molecule has 3 heterocycles. The Labute approximate surface area is 213 Å². The smallest absolute Gasteiger partial charge is 0.422 e. The van der Waals surface area contributed by atoms with Gasteiger partial charge in [0.1, 0.15) is 5.76 Å². The molecule has 1 N–H and O–H groups in total. The number of hydrogen-bond acceptors (Lipinski definition) is 8. The largest absolute Gasteiger partial charge is 0.454 e. The summed E-state index contributed by atoms with van der Waals surface area (Å²) in [6.45, 7) is 7.46. The Kier molecular flexibility index (Phi) is 7.21. The summed E-state index contributed by atoms with van der Waals surface area (Å²) in [7, 11) is -3.89. The number of nitrogens with one attached hydrogen (secondary N) is 1. The first kappa shape index (κ1) is 26.9. The maximum atomic E-state index is 13.0. The first-order chi connectivity index (χ1) is 17.2. The van der Waals surface area contributed by atoms with Crippen LogP contribution >= 0.6 is 0 Å². The van der Waals surface area contributed by atoms with Crippen LogP contribution in [0.2, 0.25) is 0 Å². The molecule has 9 nitrogen and oxygen atoms in total. The second-order valence-corrected chi connectivity index (χ2v) is 11.6. The highest BCUT2D eigenvalue weighted by molar-refractivity contribution is 7.92. The van der Waals surface area contributed by atoms with Crippen molar-refractivity contribution in [2.75, 3.05) is 17.9 Å². The van der Waals surface area contributed by atoms with Crippen LogP contribution in [0, 0.1) is 0 Å². The first-order valence-electron chi connectivity index (χ1n) is 11.6. The third-order valence-electron chi connectivity index (χ3n) is 6.06. The summed E-state index contributed by atoms with van der Waals surface area (Å²) in [5, 5.41) is 3.83. The fraction of sp³-hybridized carbons (Fsp3) is 0.458. The quantitative estimate of drug-likeness (QED) is 0.463. The van der Waals surface area contributed by atoms with Crippen molar-refractivity contribution in [1.29, 1.82) is 0 Å². The summed E-state index contributed by atoms with van der Waals surface area (Å²) in [6, 6.07) is 6.09. The molecule has 13 heteroatoms. The van der Waals surface area contributed by atoms with Gasteiger partial charge in [0.2, 0.25) is 0 Å². The number of ether oxygens (including phenoxy) is 1. The van der Waals surface area contributed by atoms with Gasteiger partial charge in [-0.05, 0) is 36.6 Å². The van der Waals surface area contributed by atoms with E-state index >= 15 is 0 Å². The molecule has 0 radical (unpaired) electrons. The van der Waals surface area contributed by atoms with Gasteiger partial charge >= 0.3 is 12.2 Å². The molecule has 0 bridgehead atoms. The Morgan fingerprint density at radius 1 is 1.14 bits per heavy atom. The zero-order chi connectivity index (χ0) is 27.0. The second-order valence-electron chi connectivity index (χ2n) is 9.96. The molecule has 1 aliphatic heterocycles. The summed E-state index contributed by atoms with van der Waals surface area (Å²) < 4.78 is 75.4. The number of nitrogens with zero attached hydrogens (tertiary/aromatic N) is 4. The minimum atomic E-state index is -4.47. The maximum Gasteiger partial charge on any atom is 0.422 e. The standard InChI is InChI=1S/C24H28F3N5O4S/c1-15(18-11-28-22(29-12-18)35-14-24(25,26)27)32-8-7-16-5-6-19(9-17(16)13-32)37(33,34)31-21-10-20(36-30-21)23(2,3)4/h5-6,9-12,15H,7-8,13-14H2,1-4H3,(H,30,31)/t15-/m1/s1. The predicted molar refractivity (Wildman–Crippen MR) is 129 cm³/mol. The Bertz CT molecular complexity index is 1350. The molecular weight excluding hydrogens is 511 g/mol. The number of fused-ring (bicyclic) bond motifs is 1. The number of aromatic nitrogens is 3. The molecule has 1 atom stereocenters. The predicted octanol–water partition coefficient (Wildman–Crippen LogP) is 4.62. The molecule has 0 unspecified atom stereocenters. The zero-order valence-electron chi connectivity index (χ0n) is 20.8. The Morgan fingerprint density at radius 3 is 2.46 bits per heavy atom. The van der Waals surface area contributed by atoms with E-state index < -0.39 is 22.8 Å². The summed E-state index contributed by atoms with van der Waals surface area (Å²) in [4.78, 5) is 9.99. The topological polar surface area (TPSA) is 110 Å². The van der Waals surface area contributed by atoms with E-state index in [0.717, 1.165) is 11.1 Å². The minimum Gasteiger partial charge on any atom is -0.454 e. The van der Waals surface area contributed by atoms with E-state index in [2.05, 4.69) is 29.5 Å². The normalized spacial score (nSPS) is 15.8. The van der Waals surface area contributed by atoms with E-state index in [9.17, 15) is 21.6 Å². The fourth-order valence-electron chi connectivity index (χ4n) is 3.90. The molecule has 3 aromatic rings. The van der Waals surface area contributed by atoms with Crippen molar-refractivity contribution >= 4 is 15.8 Å². The number of alkyl halides is 3. The lowest BCUT2D eigenvalue weighted by Gasteiger charge is -2.34. The molecule has 1 aliphatic rings. The second kappa shape index (κ2) is 9.93. The van der Waals surface area contributed by atoms with E-state index in [4.69, 9.17) is 4.52 Å². The molecule has 0 saturated heterocycles. The molecule has 0 amide bonds. The molecule has 4 rings (SSSR count). The van der Waals surface area contributed by atoms with Crippen molar-refractivity contribution < 1.29 is 30.8 Å². The highest BCUT2D eigenvalue weighted by Gasteiger charge is 2.29. The Balaban J connectivity index is 1.46. The number of rotatable bonds is 7. The van der Waals surface area contributed by atoms with Crippen LogP contribution in [-0.2, 0) is 28.4 Å². The van der Waals surface area contributed by atoms with Gasteiger partial charge < -0.3 is 9.26 Å². The summed E-state index contributed by atoms with van der Waals surface area (Å²) in [6.07, 6.45) is -0.886. The fourth-order valence-corrected chi connectivity index (χ4v) is 4.93. The van der Waals surface area contributed by atoms with Crippen LogP contribution in [0.5, 0.6) is 6.01 Å². The van der Waals surface area contributed by atoms with Gasteiger partial charge in [0, 0.05) is 48.6 Å². The lowest BCUT2D eigenvalue weighted by atomic mass is 9.93. The summed E-state index contributed by atoms with van der Waals surface area (Å²) >= 11 is 0. The van der Waals surface area contributed by atoms with Crippen molar-refractivity contribution in [1.82, 2.24) is 20.0 Å². The van der Waals surface area contributed by atoms with Crippen LogP contribution in [0.1, 0.15) is 56.2 Å². The third-order valence-corrected chi connectivity index (χ3v) is 7.41. The van der Waals surface area contributed by atoms with Gasteiger partial charge in [-0.3, -0.25) is 9.62 Å². The maximum absolute atomic E-state index is 13.0. The van der Waals surface area contributed by atoms with Gasteiger partial charge in [-0.2, -0.15) is 13.2 Å². The van der Waals surface area contributed by atoms with E-state index in [1.807, 2.05) is 33.8 Å². The highest BCUT2D eigenvalue weighted by atomic mass is 32.2. The van der Waals surface area contributed by atoms with Gasteiger partial charge in [0.25, 0.3) is 10.0 Å². The molecule has 0 aliphatic carbocycles. The van der Waals surface area contributed by atoms with Gasteiger partial charge in [-0.15, -0.1) is 0 Å². The lowest BCUT2D eigenvalue weighted by Crippen LogP contribution is -2.33. The molecule has 0 saturated carbocycles. The highest BCUT2D eigenvalue weighted by Crippen LogP contribution is 2.30. The van der Waals surface area contributed by atoms with E-state index in [1.54, 1.807) is 18.2 Å². The number of halogens is 3. The van der Waals surface area contributed by atoms with Crippen LogP contribution in [0.4, 0.5) is 19.0 Å². The van der Waals surface area contributed by atoms with Crippen molar-refractivity contribution in [2.24, 2.45) is 0 Å². The van der Waals surface area contributed by atoms with Crippen molar-refractivity contribution in [3.8, 4) is 6.01 Å². The molecule has 1 aromatic carbocycles. The third kappa shape index (κ3) is 6.58. The van der Waals surface area contributed by atoms with Gasteiger partial charge in [-0.1, -0.05) is 32.0 Å². The van der Waals surface area contributed by atoms with E-state index in [-0.39, 0.29) is 28.2 Å². The molecule has 0 spiro atoms. The van der Waals surface area contributed by atoms with Crippen LogP contribution in [0.15, 0.2) is 46.1 Å². The SMILES string of the molecule is C[C@H](c1cnc(OCC(F)(F)F)nc1)N1CCc2ccc(S(=O)(=O)Nc3cc(C(C)(C)C)on3)cc2C1. The van der Waals surface area contributed by atoms with Crippen LogP contribution in [0.3, 0.4) is 0 Å². The lowest BCUT2D eigenvalue weighted by molar-refractivity contribution is -0.154. The van der Waals surface area contributed by atoms with Crippen molar-refractivity contribution in [2.45, 2.75) is 63.2 Å². The zero-order valence-corrected chi connectivity index (χ0v) is 21.7. The van der Waals surface area contributed by atoms with Crippen molar-refractivity contribution in [3.05, 3.63) is 59.1 Å². The molecule has 0 fully saturated rings. The summed E-state index contributed by atoms with van der Waals surface area (Å²) in [5.41, 5.74) is 2.30. The van der Waals surface area contributed by atoms with E-state index in [0.29, 0.717) is 30.8 Å². The van der Waals surface area contributed by atoms with Gasteiger partial charge in [0.15, 0.2) is 12.4 Å². The Hall–Kier alpha value is -3.19. The number of anilines is 1. The number of sulfonamides is 1. The molecule has 200 valence electrons. The van der Waals surface area contributed by atoms with Gasteiger partial charge in [-0.25, -0.2) is 18.4 Å². The Morgan fingerprint density at radius 2 is 1.84 bits per heavy atom. The average Bonchev–Trinajstić information content (AvgIpc) is 3.30. The first-order valence-corrected chi connectivity index (χ1v) is 13.1.